The Morgan fingerprint density at radius 3 is 2.63 bits per heavy atom. The number of benzene rings is 1. The molecule has 2 heterocycles. The highest BCUT2D eigenvalue weighted by Crippen LogP contribution is 2.57. The largest absolute Gasteiger partial charge is 0.507 e. The molecule has 0 spiro atoms. The first-order valence-electron chi connectivity index (χ1n) is 12.0. The van der Waals surface area contributed by atoms with Crippen molar-refractivity contribution in [3.05, 3.63) is 36.7 Å². The van der Waals surface area contributed by atoms with Gasteiger partial charge in [-0.05, 0) is 48.8 Å². The highest BCUT2D eigenvalue weighted by atomic mass is 19.1. The number of aromatic nitrogens is 5. The van der Waals surface area contributed by atoms with Gasteiger partial charge in [0.1, 0.15) is 11.9 Å². The third-order valence-electron chi connectivity index (χ3n) is 7.89. The fourth-order valence-electron chi connectivity index (χ4n) is 6.12. The molecule has 0 unspecified atom stereocenters. The number of hydrogen-bond donors (Lipinski definition) is 1. The van der Waals surface area contributed by atoms with E-state index in [-0.39, 0.29) is 22.6 Å². The van der Waals surface area contributed by atoms with Gasteiger partial charge in [-0.25, -0.2) is 9.37 Å². The van der Waals surface area contributed by atoms with E-state index >= 15 is 4.39 Å². The number of fused-ring (bicyclic) bond motifs is 2. The van der Waals surface area contributed by atoms with Gasteiger partial charge in [0, 0.05) is 24.1 Å². The standard InChI is InChI=1S/C26H31FN6O2/c1-25-8-5-9-26(2,15-25)23(27)19(12-25)33(3)21-14-28-24(32-30-21)18-7-6-16(10-20(18)34)17-11-22(35-4)31-29-13-17/h6-7,10-11,13-14,19,23,34H,5,8-9,12,15H2,1-4H3/t19-,23-,25-,26-/m1/s1. The zero-order chi connectivity index (χ0) is 24.8. The minimum absolute atomic E-state index is 0.0194. The van der Waals surface area contributed by atoms with Gasteiger partial charge in [0.05, 0.1) is 31.1 Å². The van der Waals surface area contributed by atoms with Gasteiger partial charge in [0.2, 0.25) is 5.88 Å². The zero-order valence-corrected chi connectivity index (χ0v) is 20.6. The lowest BCUT2D eigenvalue weighted by Gasteiger charge is -2.55. The summed E-state index contributed by atoms with van der Waals surface area (Å²) in [6.07, 6.45) is 7.15. The van der Waals surface area contributed by atoms with E-state index < -0.39 is 6.17 Å². The maximum atomic E-state index is 15.7. The molecule has 2 aliphatic rings. The summed E-state index contributed by atoms with van der Waals surface area (Å²) in [6, 6.07) is 6.66. The van der Waals surface area contributed by atoms with Gasteiger partial charge in [0.25, 0.3) is 0 Å². The summed E-state index contributed by atoms with van der Waals surface area (Å²) >= 11 is 0. The number of phenols is 1. The first kappa shape index (κ1) is 23.4. The van der Waals surface area contributed by atoms with Crippen LogP contribution in [0.25, 0.3) is 22.5 Å². The number of hydrogen-bond acceptors (Lipinski definition) is 8. The van der Waals surface area contributed by atoms with Gasteiger partial charge in [0.15, 0.2) is 11.6 Å². The van der Waals surface area contributed by atoms with Gasteiger partial charge >= 0.3 is 0 Å². The first-order valence-corrected chi connectivity index (χ1v) is 12.0. The molecule has 0 radical (unpaired) electrons. The molecule has 1 aromatic carbocycles. The number of anilines is 1. The van der Waals surface area contributed by atoms with Crippen LogP contribution in [0.1, 0.15) is 46.0 Å². The van der Waals surface area contributed by atoms with E-state index in [2.05, 4.69) is 39.2 Å². The van der Waals surface area contributed by atoms with Crippen molar-refractivity contribution in [2.75, 3.05) is 19.1 Å². The minimum atomic E-state index is -0.930. The van der Waals surface area contributed by atoms with Crippen molar-refractivity contribution in [3.63, 3.8) is 0 Å². The van der Waals surface area contributed by atoms with Gasteiger partial charge in [-0.1, -0.05) is 26.3 Å². The fourth-order valence-corrected chi connectivity index (χ4v) is 6.12. The average molecular weight is 479 g/mol. The fraction of sp³-hybridized carbons (Fsp3) is 0.500. The van der Waals surface area contributed by atoms with Crippen LogP contribution in [-0.2, 0) is 0 Å². The normalized spacial score (nSPS) is 27.9. The average Bonchev–Trinajstić information content (AvgIpc) is 2.86. The molecule has 0 amide bonds. The predicted molar refractivity (Wildman–Crippen MR) is 131 cm³/mol. The van der Waals surface area contributed by atoms with Crippen LogP contribution in [0.4, 0.5) is 10.2 Å². The van der Waals surface area contributed by atoms with Crippen LogP contribution in [0.5, 0.6) is 11.6 Å². The molecule has 2 fully saturated rings. The molecular weight excluding hydrogens is 447 g/mol. The number of nitrogens with zero attached hydrogens (tertiary/aromatic N) is 6. The Bertz CT molecular complexity index is 1220. The van der Waals surface area contributed by atoms with Gasteiger partial charge in [-0.15, -0.1) is 15.3 Å². The summed E-state index contributed by atoms with van der Waals surface area (Å²) in [6.45, 7) is 4.38. The van der Waals surface area contributed by atoms with Crippen LogP contribution in [0.15, 0.2) is 36.7 Å². The Morgan fingerprint density at radius 1 is 1.09 bits per heavy atom. The summed E-state index contributed by atoms with van der Waals surface area (Å²) in [5, 5.41) is 27.1. The zero-order valence-electron chi connectivity index (χ0n) is 20.6. The number of aromatic hydroxyl groups is 1. The molecule has 2 saturated carbocycles. The van der Waals surface area contributed by atoms with Crippen LogP contribution in [-0.4, -0.2) is 56.9 Å². The van der Waals surface area contributed by atoms with Crippen LogP contribution >= 0.6 is 0 Å². The van der Waals surface area contributed by atoms with Crippen molar-refractivity contribution >= 4 is 5.82 Å². The molecule has 184 valence electrons. The quantitative estimate of drug-likeness (QED) is 0.556. The van der Waals surface area contributed by atoms with Crippen LogP contribution in [0.2, 0.25) is 0 Å². The van der Waals surface area contributed by atoms with Crippen molar-refractivity contribution in [2.24, 2.45) is 10.8 Å². The molecule has 1 N–H and O–H groups in total. The number of rotatable bonds is 5. The molecule has 0 aliphatic heterocycles. The third-order valence-corrected chi connectivity index (χ3v) is 7.89. The molecular formula is C26H31FN6O2. The van der Waals surface area contributed by atoms with E-state index in [0.717, 1.165) is 43.2 Å². The number of ether oxygens (including phenoxy) is 1. The topological polar surface area (TPSA) is 97.2 Å². The van der Waals surface area contributed by atoms with E-state index in [4.69, 9.17) is 4.74 Å². The SMILES string of the molecule is COc1cc(-c2ccc(-c3ncc(N(C)[C@@H]4C[C@@]5(C)CCC[C@](C)(C5)[C@@H]4F)nn3)c(O)c2)cnn1. The van der Waals surface area contributed by atoms with E-state index in [9.17, 15) is 5.11 Å². The lowest BCUT2D eigenvalue weighted by molar-refractivity contribution is -0.0540. The van der Waals surface area contributed by atoms with Gasteiger partial charge in [-0.2, -0.15) is 5.10 Å². The van der Waals surface area contributed by atoms with Crippen molar-refractivity contribution in [1.82, 2.24) is 25.4 Å². The van der Waals surface area contributed by atoms with Crippen molar-refractivity contribution < 1.29 is 14.2 Å². The molecule has 5 rings (SSSR count). The number of halogens is 1. The van der Waals surface area contributed by atoms with Crippen molar-refractivity contribution in [3.8, 4) is 34.1 Å². The maximum absolute atomic E-state index is 15.7. The highest BCUT2D eigenvalue weighted by Gasteiger charge is 2.54. The molecule has 2 bridgehead atoms. The van der Waals surface area contributed by atoms with E-state index in [0.29, 0.717) is 23.1 Å². The second kappa shape index (κ2) is 8.70. The third kappa shape index (κ3) is 4.28. The second-order valence-electron chi connectivity index (χ2n) is 10.6. The summed E-state index contributed by atoms with van der Waals surface area (Å²) in [7, 11) is 3.40. The van der Waals surface area contributed by atoms with Gasteiger partial charge < -0.3 is 14.7 Å². The number of alkyl halides is 1. The lowest BCUT2D eigenvalue weighted by Crippen LogP contribution is -2.57. The Labute approximate surface area is 204 Å². The molecule has 3 aromatic rings. The van der Waals surface area contributed by atoms with E-state index in [1.165, 1.54) is 7.11 Å². The molecule has 8 nitrogen and oxygen atoms in total. The number of phenolic OH excluding ortho intramolecular Hbond substituents is 1. The number of methoxy groups -OCH3 is 1. The van der Waals surface area contributed by atoms with Gasteiger partial charge in [-0.3, -0.25) is 0 Å². The molecule has 2 aromatic heterocycles. The molecule has 2 aliphatic carbocycles. The van der Waals surface area contributed by atoms with Crippen molar-refractivity contribution in [2.45, 2.75) is 58.2 Å². The Kier molecular flexibility index (Phi) is 5.81. The summed E-state index contributed by atoms with van der Waals surface area (Å²) in [4.78, 5) is 6.34. The monoisotopic (exact) mass is 478 g/mol. The van der Waals surface area contributed by atoms with Crippen LogP contribution in [0, 0.1) is 10.8 Å². The van der Waals surface area contributed by atoms with E-state index in [1.54, 1.807) is 30.6 Å². The second-order valence-corrected chi connectivity index (χ2v) is 10.6. The lowest BCUT2D eigenvalue weighted by atomic mass is 9.54. The molecule has 0 saturated heterocycles. The Balaban J connectivity index is 1.37. The van der Waals surface area contributed by atoms with E-state index in [1.807, 2.05) is 18.0 Å². The molecule has 35 heavy (non-hydrogen) atoms. The van der Waals surface area contributed by atoms with Crippen molar-refractivity contribution in [1.29, 1.82) is 0 Å². The smallest absolute Gasteiger partial charge is 0.233 e. The summed E-state index contributed by atoms with van der Waals surface area (Å²) in [5.41, 5.74) is 1.82. The maximum Gasteiger partial charge on any atom is 0.233 e. The molecule has 9 heteroatoms. The molecule has 4 atom stereocenters. The van der Waals surface area contributed by atoms with Crippen LogP contribution in [0.3, 0.4) is 0 Å². The summed E-state index contributed by atoms with van der Waals surface area (Å²) < 4.78 is 20.8. The van der Waals surface area contributed by atoms with Crippen LogP contribution < -0.4 is 9.64 Å². The first-order chi connectivity index (χ1) is 16.7. The Hall–Kier alpha value is -3.36. The minimum Gasteiger partial charge on any atom is -0.507 e. The highest BCUT2D eigenvalue weighted by molar-refractivity contribution is 5.72. The summed E-state index contributed by atoms with van der Waals surface area (Å²) in [5.74, 6) is 1.23. The Morgan fingerprint density at radius 2 is 1.91 bits per heavy atom. The predicted octanol–water partition coefficient (Wildman–Crippen LogP) is 4.84.